The van der Waals surface area contributed by atoms with E-state index in [0.717, 1.165) is 0 Å². The van der Waals surface area contributed by atoms with E-state index in [1.54, 1.807) is 49.4 Å². The van der Waals surface area contributed by atoms with Crippen molar-refractivity contribution in [3.63, 3.8) is 0 Å². The number of carbonyl (C=O) groups is 5. The van der Waals surface area contributed by atoms with Gasteiger partial charge in [0.2, 0.25) is 17.7 Å². The molecule has 2 aromatic rings. The number of imide groups is 1. The molecule has 0 spiro atoms. The van der Waals surface area contributed by atoms with Crippen molar-refractivity contribution in [2.24, 2.45) is 17.8 Å². The van der Waals surface area contributed by atoms with E-state index < -0.39 is 53.3 Å². The Bertz CT molecular complexity index is 1090. The molecule has 0 radical (unpaired) electrons. The number of nitrogens with one attached hydrogen (secondary N) is 3. The second kappa shape index (κ2) is 11.5. The van der Waals surface area contributed by atoms with Crippen LogP contribution in [0.2, 0.25) is 0 Å². The largest absolute Gasteiger partial charge is 0.346 e. The van der Waals surface area contributed by atoms with Gasteiger partial charge in [-0.25, -0.2) is 0 Å². The van der Waals surface area contributed by atoms with Crippen LogP contribution in [0.4, 0.5) is 0 Å². The van der Waals surface area contributed by atoms with E-state index >= 15 is 0 Å². The third-order valence-corrected chi connectivity index (χ3v) is 6.38. The Morgan fingerprint density at radius 3 is 2.26 bits per heavy atom. The van der Waals surface area contributed by atoms with E-state index in [0.29, 0.717) is 12.0 Å². The fourth-order valence-corrected chi connectivity index (χ4v) is 4.07. The third kappa shape index (κ3) is 6.17. The number of hydrogen-bond acceptors (Lipinski definition) is 6. The summed E-state index contributed by atoms with van der Waals surface area (Å²) in [5, 5.41) is 7.80. The predicted molar refractivity (Wildman–Crippen MR) is 128 cm³/mol. The summed E-state index contributed by atoms with van der Waals surface area (Å²) in [5.74, 6) is -4.72. The molecule has 9 heteroatoms. The maximum atomic E-state index is 13.3. The van der Waals surface area contributed by atoms with Gasteiger partial charge in [-0.15, -0.1) is 0 Å². The number of pyridine rings is 1. The van der Waals surface area contributed by atoms with Crippen LogP contribution in [0.1, 0.15) is 55.7 Å². The molecule has 1 fully saturated rings. The zero-order valence-electron chi connectivity index (χ0n) is 20.0. The average molecular weight is 479 g/mol. The maximum Gasteiger partial charge on any atom is 0.270 e. The lowest BCUT2D eigenvalue weighted by molar-refractivity contribution is -0.137. The van der Waals surface area contributed by atoms with Crippen molar-refractivity contribution in [3.8, 4) is 0 Å². The molecule has 0 bridgehead atoms. The lowest BCUT2D eigenvalue weighted by Crippen LogP contribution is -2.50. The summed E-state index contributed by atoms with van der Waals surface area (Å²) in [6.07, 6.45) is 1.95. The first-order valence-corrected chi connectivity index (χ1v) is 11.7. The van der Waals surface area contributed by atoms with Crippen LogP contribution in [0.15, 0.2) is 54.7 Å². The minimum absolute atomic E-state index is 0.131. The van der Waals surface area contributed by atoms with E-state index in [1.165, 1.54) is 13.1 Å². The van der Waals surface area contributed by atoms with Crippen LogP contribution in [0.25, 0.3) is 0 Å². The molecule has 0 saturated carbocycles. The number of nitrogens with zero attached hydrogens (tertiary/aromatic N) is 1. The zero-order valence-corrected chi connectivity index (χ0v) is 20.0. The van der Waals surface area contributed by atoms with Crippen molar-refractivity contribution in [2.45, 2.75) is 45.7 Å². The minimum Gasteiger partial charge on any atom is -0.346 e. The van der Waals surface area contributed by atoms with E-state index in [-0.39, 0.29) is 18.0 Å². The number of ketones is 1. The maximum absolute atomic E-state index is 13.3. The van der Waals surface area contributed by atoms with Crippen molar-refractivity contribution in [3.05, 3.63) is 66.0 Å². The minimum atomic E-state index is -1.14. The smallest absolute Gasteiger partial charge is 0.270 e. The molecule has 2 heterocycles. The van der Waals surface area contributed by atoms with E-state index in [2.05, 4.69) is 20.9 Å². The number of benzene rings is 1. The normalized spacial score (nSPS) is 19.9. The number of carbonyl (C=O) groups excluding carboxylic acids is 5. The van der Waals surface area contributed by atoms with Crippen LogP contribution in [-0.2, 0) is 19.2 Å². The van der Waals surface area contributed by atoms with Crippen LogP contribution < -0.4 is 16.0 Å². The Labute approximate surface area is 204 Å². The second-order valence-electron chi connectivity index (χ2n) is 8.81. The molecule has 0 aliphatic carbocycles. The van der Waals surface area contributed by atoms with Crippen molar-refractivity contribution < 1.29 is 24.0 Å². The van der Waals surface area contributed by atoms with Gasteiger partial charge >= 0.3 is 0 Å². The number of hydrogen-bond donors (Lipinski definition) is 3. The molecule has 9 nitrogen and oxygen atoms in total. The zero-order chi connectivity index (χ0) is 25.5. The molecule has 4 amide bonds. The van der Waals surface area contributed by atoms with Gasteiger partial charge in [0.05, 0.1) is 24.4 Å². The van der Waals surface area contributed by atoms with Crippen molar-refractivity contribution >= 4 is 29.4 Å². The van der Waals surface area contributed by atoms with E-state index in [9.17, 15) is 24.0 Å². The first-order chi connectivity index (χ1) is 16.7. The first-order valence-electron chi connectivity index (χ1n) is 11.7. The summed E-state index contributed by atoms with van der Waals surface area (Å²) in [4.78, 5) is 67.3. The fraction of sp³-hybridized carbons (Fsp3) is 0.385. The summed E-state index contributed by atoms with van der Waals surface area (Å²) in [6.45, 7) is 5.21. The summed E-state index contributed by atoms with van der Waals surface area (Å²) >= 11 is 0. The number of aromatic nitrogens is 1. The highest BCUT2D eigenvalue weighted by atomic mass is 16.2. The molecule has 5 atom stereocenters. The average Bonchev–Trinajstić information content (AvgIpc) is 3.12. The summed E-state index contributed by atoms with van der Waals surface area (Å²) in [6, 6.07) is 12.4. The number of rotatable bonds is 10. The van der Waals surface area contributed by atoms with Gasteiger partial charge in [0.15, 0.2) is 5.78 Å². The van der Waals surface area contributed by atoms with E-state index in [1.807, 2.05) is 13.0 Å². The Balaban J connectivity index is 1.78. The molecule has 1 aliphatic heterocycles. The lowest BCUT2D eigenvalue weighted by atomic mass is 9.83. The molecule has 3 N–H and O–H groups in total. The topological polar surface area (TPSA) is 134 Å². The van der Waals surface area contributed by atoms with Crippen molar-refractivity contribution in [1.29, 1.82) is 0 Å². The SMILES string of the molecule is CC[C@H](C)[C@H](NC(=O)C[C@H](NC(=O)c1ccccn1)c1ccccc1)C(=O)[C@@H]1C(=O)NC(=O)[C@H]1C. The van der Waals surface area contributed by atoms with Crippen LogP contribution in [0.3, 0.4) is 0 Å². The predicted octanol–water partition coefficient (Wildman–Crippen LogP) is 1.95. The molecule has 1 saturated heterocycles. The Morgan fingerprint density at radius 1 is 1.00 bits per heavy atom. The van der Waals surface area contributed by atoms with Crippen LogP contribution >= 0.6 is 0 Å². The van der Waals surface area contributed by atoms with Gasteiger partial charge < -0.3 is 10.6 Å². The van der Waals surface area contributed by atoms with Gasteiger partial charge in [0, 0.05) is 6.20 Å². The highest BCUT2D eigenvalue weighted by molar-refractivity contribution is 6.16. The first kappa shape index (κ1) is 25.7. The lowest BCUT2D eigenvalue weighted by Gasteiger charge is -2.27. The summed E-state index contributed by atoms with van der Waals surface area (Å²) in [7, 11) is 0. The molecular weight excluding hydrogens is 448 g/mol. The fourth-order valence-electron chi connectivity index (χ4n) is 4.07. The second-order valence-corrected chi connectivity index (χ2v) is 8.81. The van der Waals surface area contributed by atoms with Gasteiger partial charge in [0.1, 0.15) is 11.6 Å². The summed E-state index contributed by atoms with van der Waals surface area (Å²) in [5.41, 5.74) is 0.931. The molecule has 1 aliphatic rings. The van der Waals surface area contributed by atoms with Gasteiger partial charge in [-0.3, -0.25) is 34.3 Å². The third-order valence-electron chi connectivity index (χ3n) is 6.38. The monoisotopic (exact) mass is 478 g/mol. The van der Waals surface area contributed by atoms with Crippen LogP contribution in [-0.4, -0.2) is 40.4 Å². The highest BCUT2D eigenvalue weighted by Crippen LogP contribution is 2.25. The summed E-state index contributed by atoms with van der Waals surface area (Å²) < 4.78 is 0. The Hall–Kier alpha value is -3.88. The number of amides is 4. The Kier molecular flexibility index (Phi) is 8.46. The molecule has 0 unspecified atom stereocenters. The molecule has 35 heavy (non-hydrogen) atoms. The van der Waals surface area contributed by atoms with E-state index in [4.69, 9.17) is 0 Å². The Morgan fingerprint density at radius 2 is 1.69 bits per heavy atom. The van der Waals surface area contributed by atoms with Gasteiger partial charge in [-0.05, 0) is 23.6 Å². The highest BCUT2D eigenvalue weighted by Gasteiger charge is 2.46. The molecule has 1 aromatic carbocycles. The molecule has 3 rings (SSSR count). The quantitative estimate of drug-likeness (QED) is 0.353. The van der Waals surface area contributed by atoms with Crippen molar-refractivity contribution in [1.82, 2.24) is 20.9 Å². The molecule has 1 aromatic heterocycles. The standard InChI is InChI=1S/C26H30N4O5/c1-4-15(2)22(23(32)21-16(3)24(33)30-26(21)35)29-20(31)14-19(17-10-6-5-7-11-17)28-25(34)18-12-8-9-13-27-18/h5-13,15-16,19,21-22H,4,14H2,1-3H3,(H,28,34)(H,29,31)(H,30,33,35)/t15-,16-,19-,21+,22-/m0/s1. The van der Waals surface area contributed by atoms with Crippen LogP contribution in [0.5, 0.6) is 0 Å². The number of Topliss-reactive ketones (excluding diaryl/α,β-unsaturated/α-hetero) is 1. The van der Waals surface area contributed by atoms with Gasteiger partial charge in [0.25, 0.3) is 5.91 Å². The van der Waals surface area contributed by atoms with Crippen LogP contribution in [0, 0.1) is 17.8 Å². The van der Waals surface area contributed by atoms with Gasteiger partial charge in [-0.1, -0.05) is 63.6 Å². The van der Waals surface area contributed by atoms with Crippen molar-refractivity contribution in [2.75, 3.05) is 0 Å². The van der Waals surface area contributed by atoms with Gasteiger partial charge in [-0.2, -0.15) is 0 Å². The molecule has 184 valence electrons. The molecular formula is C26H30N4O5.